The van der Waals surface area contributed by atoms with E-state index in [1.807, 2.05) is 34.6 Å². The van der Waals surface area contributed by atoms with E-state index in [0.29, 0.717) is 43.7 Å². The first-order chi connectivity index (χ1) is 19.1. The van der Waals surface area contributed by atoms with E-state index in [1.165, 1.54) is 0 Å². The van der Waals surface area contributed by atoms with Gasteiger partial charge in [0.1, 0.15) is 17.4 Å². The van der Waals surface area contributed by atoms with Crippen LogP contribution >= 0.6 is 0 Å². The van der Waals surface area contributed by atoms with Gasteiger partial charge >= 0.3 is 0 Å². The Morgan fingerprint density at radius 2 is 1.82 bits per heavy atom. The van der Waals surface area contributed by atoms with Crippen LogP contribution < -0.4 is 15.4 Å². The largest absolute Gasteiger partial charge is 0.494 e. The highest BCUT2D eigenvalue weighted by Gasteiger charge is 2.79. The van der Waals surface area contributed by atoms with E-state index in [9.17, 15) is 19.5 Å². The molecular weight excluding hydrogens is 510 g/mol. The van der Waals surface area contributed by atoms with E-state index in [0.717, 1.165) is 12.8 Å². The molecule has 1 aromatic carbocycles. The van der Waals surface area contributed by atoms with E-state index in [2.05, 4.69) is 17.6 Å². The average molecular weight is 558 g/mol. The molecule has 222 valence electrons. The van der Waals surface area contributed by atoms with Gasteiger partial charge in [-0.3, -0.25) is 14.4 Å². The molecule has 2 bridgehead atoms. The zero-order valence-corrected chi connectivity index (χ0v) is 24.9. The number of amides is 3. The van der Waals surface area contributed by atoms with E-state index in [4.69, 9.17) is 9.47 Å². The normalized spacial score (nSPS) is 30.4. The molecule has 0 saturated carbocycles. The van der Waals surface area contributed by atoms with Crippen molar-refractivity contribution in [2.75, 3.05) is 18.5 Å². The number of hydrogen-bond acceptors (Lipinski definition) is 6. The van der Waals surface area contributed by atoms with E-state index >= 15 is 0 Å². The van der Waals surface area contributed by atoms with Crippen LogP contribution in [0.15, 0.2) is 24.3 Å². The molecule has 1 aromatic rings. The van der Waals surface area contributed by atoms with Crippen molar-refractivity contribution in [3.05, 3.63) is 24.3 Å². The first-order valence-corrected chi connectivity index (χ1v) is 15.0. The van der Waals surface area contributed by atoms with Gasteiger partial charge in [0.05, 0.1) is 36.7 Å². The fraction of sp³-hybridized carbons (Fsp3) is 0.710. The molecule has 3 fully saturated rings. The zero-order valence-electron chi connectivity index (χ0n) is 24.9. The number of nitrogens with zero attached hydrogens (tertiary/aromatic N) is 1. The summed E-state index contributed by atoms with van der Waals surface area (Å²) >= 11 is 0. The van der Waals surface area contributed by atoms with Gasteiger partial charge in [0.15, 0.2) is 0 Å². The molecular formula is C31H47N3O6. The van der Waals surface area contributed by atoms with Crippen molar-refractivity contribution >= 4 is 23.4 Å². The van der Waals surface area contributed by atoms with Crippen molar-refractivity contribution in [1.82, 2.24) is 10.2 Å². The van der Waals surface area contributed by atoms with Crippen LogP contribution in [0.5, 0.6) is 5.75 Å². The van der Waals surface area contributed by atoms with Crippen molar-refractivity contribution in [3.8, 4) is 5.75 Å². The third-order valence-corrected chi connectivity index (χ3v) is 9.04. The molecule has 3 N–H and O–H groups in total. The predicted octanol–water partition coefficient (Wildman–Crippen LogP) is 3.89. The molecule has 3 aliphatic rings. The summed E-state index contributed by atoms with van der Waals surface area (Å²) in [5, 5.41) is 16.6. The minimum absolute atomic E-state index is 0.0694. The Bertz CT molecular complexity index is 1080. The number of benzene rings is 1. The molecule has 9 nitrogen and oxygen atoms in total. The summed E-state index contributed by atoms with van der Waals surface area (Å²) in [4.78, 5) is 43.9. The summed E-state index contributed by atoms with van der Waals surface area (Å²) in [5.74, 6) is -1.47. The number of ether oxygens (including phenoxy) is 2. The Morgan fingerprint density at radius 1 is 1.12 bits per heavy atom. The Balaban J connectivity index is 1.72. The van der Waals surface area contributed by atoms with Gasteiger partial charge in [0.2, 0.25) is 17.7 Å². The SMILES string of the molecule is CCCC(C)NC(=O)C1N([C@@H](CO)CC(C)C)C(=O)[C@@H]2[C@H](C(=O)Nc3ccc(OCC)cc3)[C@]3(CC)CCC12O3. The Kier molecular flexibility index (Phi) is 9.15. The van der Waals surface area contributed by atoms with Crippen molar-refractivity contribution in [3.63, 3.8) is 0 Å². The molecule has 4 rings (SSSR count). The zero-order chi connectivity index (χ0) is 29.2. The first kappa shape index (κ1) is 30.3. The lowest BCUT2D eigenvalue weighted by molar-refractivity contribution is -0.150. The van der Waals surface area contributed by atoms with Gasteiger partial charge in [0.25, 0.3) is 0 Å². The number of nitrogens with one attached hydrogen (secondary N) is 2. The number of likely N-dealkylation sites (tertiary alicyclic amines) is 1. The van der Waals surface area contributed by atoms with Crippen LogP contribution in [0.4, 0.5) is 5.69 Å². The van der Waals surface area contributed by atoms with E-state index in [-0.39, 0.29) is 36.3 Å². The van der Waals surface area contributed by atoms with Crippen LogP contribution in [0.1, 0.15) is 80.1 Å². The topological polar surface area (TPSA) is 117 Å². The second-order valence-corrected chi connectivity index (χ2v) is 12.2. The second-order valence-electron chi connectivity index (χ2n) is 12.2. The minimum atomic E-state index is -1.12. The number of anilines is 1. The van der Waals surface area contributed by atoms with E-state index < -0.39 is 35.1 Å². The third-order valence-electron chi connectivity index (χ3n) is 9.04. The number of rotatable bonds is 13. The summed E-state index contributed by atoms with van der Waals surface area (Å²) in [6, 6.07) is 5.64. The van der Waals surface area contributed by atoms with Crippen molar-refractivity contribution < 1.29 is 29.0 Å². The van der Waals surface area contributed by atoms with Gasteiger partial charge in [0, 0.05) is 11.7 Å². The monoisotopic (exact) mass is 557 g/mol. The number of carbonyl (C=O) groups is 3. The fourth-order valence-corrected chi connectivity index (χ4v) is 7.42. The lowest BCUT2D eigenvalue weighted by Crippen LogP contribution is -2.59. The van der Waals surface area contributed by atoms with Crippen LogP contribution in [0.25, 0.3) is 0 Å². The van der Waals surface area contributed by atoms with Crippen LogP contribution in [-0.2, 0) is 19.1 Å². The molecule has 3 aliphatic heterocycles. The van der Waals surface area contributed by atoms with Gasteiger partial charge < -0.3 is 30.1 Å². The Hall–Kier alpha value is -2.65. The maximum absolute atomic E-state index is 14.4. The van der Waals surface area contributed by atoms with Crippen LogP contribution in [-0.4, -0.2) is 70.3 Å². The molecule has 9 heteroatoms. The number of carbonyl (C=O) groups excluding carboxylic acids is 3. The van der Waals surface area contributed by atoms with Crippen LogP contribution in [0.2, 0.25) is 0 Å². The highest BCUT2D eigenvalue weighted by molar-refractivity contribution is 6.02. The quantitative estimate of drug-likeness (QED) is 0.339. The highest BCUT2D eigenvalue weighted by atomic mass is 16.5. The maximum Gasteiger partial charge on any atom is 0.246 e. The molecule has 3 heterocycles. The summed E-state index contributed by atoms with van der Waals surface area (Å²) < 4.78 is 12.4. The van der Waals surface area contributed by atoms with Gasteiger partial charge in [-0.1, -0.05) is 34.1 Å². The molecule has 1 spiro atoms. The highest BCUT2D eigenvalue weighted by Crippen LogP contribution is 2.64. The number of fused-ring (bicyclic) bond motifs is 1. The Morgan fingerprint density at radius 3 is 2.40 bits per heavy atom. The smallest absolute Gasteiger partial charge is 0.246 e. The van der Waals surface area contributed by atoms with Gasteiger partial charge in [-0.2, -0.15) is 0 Å². The standard InChI is InChI=1S/C31H47N3O6/c1-7-10-20(6)32-28(37)26-31-16-15-30(8-2,40-31)24(25(31)29(38)34(26)22(18-35)17-19(4)5)27(36)33-21-11-13-23(14-12-21)39-9-3/h11-14,19-20,22,24-26,35H,7-10,15-18H2,1-6H3,(H,32,37)(H,33,36)/t20?,22-,24-,25+,26?,30+,31?/m1/s1. The van der Waals surface area contributed by atoms with Crippen molar-refractivity contribution in [1.29, 1.82) is 0 Å². The molecule has 0 aromatic heterocycles. The van der Waals surface area contributed by atoms with Crippen LogP contribution in [0.3, 0.4) is 0 Å². The van der Waals surface area contributed by atoms with Crippen molar-refractivity contribution in [2.24, 2.45) is 17.8 Å². The molecule has 3 amide bonds. The number of hydrogen-bond donors (Lipinski definition) is 3. The van der Waals surface area contributed by atoms with Crippen molar-refractivity contribution in [2.45, 2.75) is 109 Å². The lowest BCUT2D eigenvalue weighted by Gasteiger charge is -2.38. The minimum Gasteiger partial charge on any atom is -0.494 e. The second kappa shape index (κ2) is 12.1. The van der Waals surface area contributed by atoms with Gasteiger partial charge in [-0.25, -0.2) is 0 Å². The number of aliphatic hydroxyl groups excluding tert-OH is 1. The molecule has 3 unspecified atom stereocenters. The summed E-state index contributed by atoms with van der Waals surface area (Å²) in [6.07, 6.45) is 3.92. The molecule has 40 heavy (non-hydrogen) atoms. The van der Waals surface area contributed by atoms with E-state index in [1.54, 1.807) is 29.2 Å². The maximum atomic E-state index is 14.4. The Labute approximate surface area is 238 Å². The summed E-state index contributed by atoms with van der Waals surface area (Å²) in [7, 11) is 0. The molecule has 0 aliphatic carbocycles. The van der Waals surface area contributed by atoms with Gasteiger partial charge in [-0.15, -0.1) is 0 Å². The molecule has 3 saturated heterocycles. The summed E-state index contributed by atoms with van der Waals surface area (Å²) in [6.45, 7) is 12.3. The fourth-order valence-electron chi connectivity index (χ4n) is 7.42. The number of aliphatic hydroxyl groups is 1. The predicted molar refractivity (Wildman–Crippen MR) is 153 cm³/mol. The third kappa shape index (κ3) is 5.22. The average Bonchev–Trinajstić information content (AvgIpc) is 3.52. The molecule has 0 radical (unpaired) electrons. The van der Waals surface area contributed by atoms with Crippen LogP contribution in [0, 0.1) is 17.8 Å². The lowest BCUT2D eigenvalue weighted by atomic mass is 9.65. The van der Waals surface area contributed by atoms with Gasteiger partial charge in [-0.05, 0) is 76.1 Å². The first-order valence-electron chi connectivity index (χ1n) is 15.0. The molecule has 7 atom stereocenters. The summed E-state index contributed by atoms with van der Waals surface area (Å²) in [5.41, 5.74) is -1.34.